The monoisotopic (exact) mass is 301 g/mol. The second-order valence-electron chi connectivity index (χ2n) is 4.38. The number of para-hydroxylation sites is 1. The highest BCUT2D eigenvalue weighted by molar-refractivity contribution is 7.10. The third-order valence-corrected chi connectivity index (χ3v) is 3.94. The first-order chi connectivity index (χ1) is 10.3. The van der Waals surface area contributed by atoms with Crippen LogP contribution in [0, 0.1) is 0 Å². The van der Waals surface area contributed by atoms with Crippen LogP contribution in [0.2, 0.25) is 0 Å². The summed E-state index contributed by atoms with van der Waals surface area (Å²) in [7, 11) is 0. The minimum atomic E-state index is -0.398. The van der Waals surface area contributed by atoms with Crippen LogP contribution in [0.3, 0.4) is 0 Å². The molecule has 1 atom stereocenters. The van der Waals surface area contributed by atoms with E-state index < -0.39 is 6.04 Å². The molecule has 0 bridgehead atoms. The molecule has 6 heteroatoms. The molecular formula is C15H15N3O2S. The summed E-state index contributed by atoms with van der Waals surface area (Å²) in [4.78, 5) is 5.39. The van der Waals surface area contributed by atoms with Gasteiger partial charge in [-0.25, -0.2) is 0 Å². The first-order valence-corrected chi connectivity index (χ1v) is 7.52. The molecule has 0 spiro atoms. The zero-order valence-electron chi connectivity index (χ0n) is 11.5. The summed E-state index contributed by atoms with van der Waals surface area (Å²) >= 11 is 1.56. The summed E-state index contributed by atoms with van der Waals surface area (Å²) in [5.41, 5.74) is 6.93. The van der Waals surface area contributed by atoms with Crippen LogP contribution in [-0.2, 0) is 0 Å². The number of rotatable bonds is 5. The third kappa shape index (κ3) is 2.81. The van der Waals surface area contributed by atoms with Crippen LogP contribution in [0.4, 0.5) is 0 Å². The Bertz CT molecular complexity index is 709. The van der Waals surface area contributed by atoms with E-state index in [1.54, 1.807) is 11.3 Å². The molecule has 0 aliphatic heterocycles. The van der Waals surface area contributed by atoms with Crippen molar-refractivity contribution in [2.45, 2.75) is 13.0 Å². The first kappa shape index (κ1) is 13.8. The molecule has 0 fully saturated rings. The van der Waals surface area contributed by atoms with Gasteiger partial charge in [0.2, 0.25) is 11.7 Å². The third-order valence-electron chi connectivity index (χ3n) is 2.99. The molecule has 2 N–H and O–H groups in total. The Balaban J connectivity index is 1.92. The summed E-state index contributed by atoms with van der Waals surface area (Å²) in [5, 5.41) is 5.99. The van der Waals surface area contributed by atoms with Crippen LogP contribution in [0.15, 0.2) is 46.3 Å². The van der Waals surface area contributed by atoms with Crippen molar-refractivity contribution < 1.29 is 9.26 Å². The maximum Gasteiger partial charge on any atom is 0.249 e. The van der Waals surface area contributed by atoms with Crippen molar-refractivity contribution in [2.24, 2.45) is 5.73 Å². The van der Waals surface area contributed by atoms with Crippen molar-refractivity contribution in [3.8, 4) is 17.1 Å². The predicted octanol–water partition coefficient (Wildman–Crippen LogP) is 3.24. The van der Waals surface area contributed by atoms with Gasteiger partial charge in [0.15, 0.2) is 0 Å². The molecular weight excluding hydrogens is 286 g/mol. The van der Waals surface area contributed by atoms with Gasteiger partial charge in [0.25, 0.3) is 0 Å². The molecule has 5 nitrogen and oxygen atoms in total. The van der Waals surface area contributed by atoms with Gasteiger partial charge >= 0.3 is 0 Å². The molecule has 108 valence electrons. The molecule has 3 rings (SSSR count). The highest BCUT2D eigenvalue weighted by atomic mass is 32.1. The minimum absolute atomic E-state index is 0.398. The molecule has 21 heavy (non-hydrogen) atoms. The van der Waals surface area contributed by atoms with Gasteiger partial charge in [-0.05, 0) is 30.5 Å². The Kier molecular flexibility index (Phi) is 3.98. The molecule has 0 amide bonds. The van der Waals surface area contributed by atoms with E-state index in [1.807, 2.05) is 48.7 Å². The van der Waals surface area contributed by atoms with Gasteiger partial charge in [-0.2, -0.15) is 4.98 Å². The molecule has 0 saturated carbocycles. The van der Waals surface area contributed by atoms with Crippen molar-refractivity contribution >= 4 is 11.3 Å². The number of hydrogen-bond donors (Lipinski definition) is 1. The highest BCUT2D eigenvalue weighted by Crippen LogP contribution is 2.29. The van der Waals surface area contributed by atoms with Crippen molar-refractivity contribution in [1.29, 1.82) is 0 Å². The lowest BCUT2D eigenvalue weighted by molar-refractivity contribution is 0.340. The van der Waals surface area contributed by atoms with E-state index in [9.17, 15) is 0 Å². The summed E-state index contributed by atoms with van der Waals surface area (Å²) in [6.07, 6.45) is 0. The molecule has 0 radical (unpaired) electrons. The standard InChI is InChI=1S/C15H15N3O2S/c1-2-19-11-7-4-3-6-10(11)14-17-15(20-18-14)13(16)12-8-5-9-21-12/h3-9,13H,2,16H2,1H3. The van der Waals surface area contributed by atoms with Gasteiger partial charge in [0, 0.05) is 4.88 Å². The topological polar surface area (TPSA) is 74.2 Å². The van der Waals surface area contributed by atoms with E-state index in [-0.39, 0.29) is 0 Å². The van der Waals surface area contributed by atoms with Gasteiger partial charge in [-0.1, -0.05) is 23.4 Å². The van der Waals surface area contributed by atoms with Crippen molar-refractivity contribution in [2.75, 3.05) is 6.61 Å². The molecule has 0 saturated heterocycles. The van der Waals surface area contributed by atoms with Crippen LogP contribution in [0.5, 0.6) is 5.75 Å². The molecule has 0 aliphatic rings. The number of benzene rings is 1. The normalized spacial score (nSPS) is 12.3. The Morgan fingerprint density at radius 2 is 2.14 bits per heavy atom. The minimum Gasteiger partial charge on any atom is -0.493 e. The summed E-state index contributed by atoms with van der Waals surface area (Å²) < 4.78 is 10.9. The van der Waals surface area contributed by atoms with Crippen LogP contribution >= 0.6 is 11.3 Å². The zero-order chi connectivity index (χ0) is 14.7. The second-order valence-corrected chi connectivity index (χ2v) is 5.36. The second kappa shape index (κ2) is 6.07. The lowest BCUT2D eigenvalue weighted by Gasteiger charge is -2.06. The SMILES string of the molecule is CCOc1ccccc1-c1noc(C(N)c2cccs2)n1. The maximum atomic E-state index is 6.13. The number of ether oxygens (including phenoxy) is 1. The highest BCUT2D eigenvalue weighted by Gasteiger charge is 2.19. The fourth-order valence-electron chi connectivity index (χ4n) is 1.99. The molecule has 1 aromatic carbocycles. The van der Waals surface area contributed by atoms with E-state index in [0.717, 1.165) is 16.2 Å². The fourth-order valence-corrected chi connectivity index (χ4v) is 2.71. The summed E-state index contributed by atoms with van der Waals surface area (Å²) in [6.45, 7) is 2.52. The van der Waals surface area contributed by atoms with Gasteiger partial charge < -0.3 is 15.0 Å². The van der Waals surface area contributed by atoms with Crippen LogP contribution in [-0.4, -0.2) is 16.7 Å². The van der Waals surface area contributed by atoms with E-state index in [4.69, 9.17) is 15.0 Å². The van der Waals surface area contributed by atoms with Crippen LogP contribution in [0.25, 0.3) is 11.4 Å². The van der Waals surface area contributed by atoms with Gasteiger partial charge in [-0.15, -0.1) is 11.3 Å². The van der Waals surface area contributed by atoms with Gasteiger partial charge in [0.1, 0.15) is 11.8 Å². The number of hydrogen-bond acceptors (Lipinski definition) is 6. The quantitative estimate of drug-likeness (QED) is 0.783. The smallest absolute Gasteiger partial charge is 0.249 e. The van der Waals surface area contributed by atoms with Crippen LogP contribution in [0.1, 0.15) is 23.7 Å². The van der Waals surface area contributed by atoms with Gasteiger partial charge in [-0.3, -0.25) is 0 Å². The summed E-state index contributed by atoms with van der Waals surface area (Å²) in [5.74, 6) is 1.62. The van der Waals surface area contributed by atoms with Crippen molar-refractivity contribution in [3.05, 3.63) is 52.5 Å². The maximum absolute atomic E-state index is 6.13. The predicted molar refractivity (Wildman–Crippen MR) is 81.3 cm³/mol. The van der Waals surface area contributed by atoms with E-state index >= 15 is 0 Å². The lowest BCUT2D eigenvalue weighted by Crippen LogP contribution is -2.10. The Morgan fingerprint density at radius 3 is 2.90 bits per heavy atom. The Hall–Kier alpha value is -2.18. The number of nitrogens with zero attached hydrogens (tertiary/aromatic N) is 2. The van der Waals surface area contributed by atoms with Gasteiger partial charge in [0.05, 0.1) is 12.2 Å². The van der Waals surface area contributed by atoms with E-state index in [1.165, 1.54) is 0 Å². The first-order valence-electron chi connectivity index (χ1n) is 6.64. The van der Waals surface area contributed by atoms with E-state index in [2.05, 4.69) is 10.1 Å². The number of thiophene rings is 1. The van der Waals surface area contributed by atoms with Crippen molar-refractivity contribution in [1.82, 2.24) is 10.1 Å². The number of aromatic nitrogens is 2. The number of nitrogens with two attached hydrogens (primary N) is 1. The van der Waals surface area contributed by atoms with E-state index in [0.29, 0.717) is 18.3 Å². The summed E-state index contributed by atoms with van der Waals surface area (Å²) in [6, 6.07) is 11.1. The molecule has 2 aromatic heterocycles. The van der Waals surface area contributed by atoms with Crippen LogP contribution < -0.4 is 10.5 Å². The molecule has 3 aromatic rings. The Labute approximate surface area is 126 Å². The van der Waals surface area contributed by atoms with Crippen molar-refractivity contribution in [3.63, 3.8) is 0 Å². The fraction of sp³-hybridized carbons (Fsp3) is 0.200. The average molecular weight is 301 g/mol. The lowest BCUT2D eigenvalue weighted by atomic mass is 10.2. The Morgan fingerprint density at radius 1 is 1.29 bits per heavy atom. The zero-order valence-corrected chi connectivity index (χ0v) is 12.3. The molecule has 0 aliphatic carbocycles. The molecule has 1 unspecified atom stereocenters. The largest absolute Gasteiger partial charge is 0.493 e. The molecule has 2 heterocycles. The average Bonchev–Trinajstić information content (AvgIpc) is 3.19.